The lowest BCUT2D eigenvalue weighted by atomic mass is 10.1. The Morgan fingerprint density at radius 2 is 1.81 bits per heavy atom. The van der Waals surface area contributed by atoms with Gasteiger partial charge in [0.05, 0.1) is 17.0 Å². The summed E-state index contributed by atoms with van der Waals surface area (Å²) < 4.78 is 32.1. The van der Waals surface area contributed by atoms with Crippen LogP contribution in [0.1, 0.15) is 29.8 Å². The first-order chi connectivity index (χ1) is 12.7. The van der Waals surface area contributed by atoms with Crippen molar-refractivity contribution in [3.05, 3.63) is 52.5 Å². The normalized spacial score (nSPS) is 11.5. The molecule has 2 aromatic rings. The van der Waals surface area contributed by atoms with E-state index in [1.54, 1.807) is 51.1 Å². The topological polar surface area (TPSA) is 75.7 Å². The summed E-state index contributed by atoms with van der Waals surface area (Å²) in [5.41, 5.74) is 1.32. The van der Waals surface area contributed by atoms with Crippen LogP contribution in [0.4, 0.5) is 5.69 Å². The van der Waals surface area contributed by atoms with E-state index in [0.717, 1.165) is 0 Å². The number of sulfonamides is 1. The Kier molecular flexibility index (Phi) is 6.86. The maximum Gasteiger partial charge on any atom is 0.255 e. The van der Waals surface area contributed by atoms with Gasteiger partial charge in [0.15, 0.2) is 0 Å². The van der Waals surface area contributed by atoms with Crippen molar-refractivity contribution < 1.29 is 17.9 Å². The van der Waals surface area contributed by atoms with Crippen LogP contribution in [-0.4, -0.2) is 38.8 Å². The van der Waals surface area contributed by atoms with Crippen molar-refractivity contribution in [1.82, 2.24) is 4.31 Å². The molecule has 2 aromatic carbocycles. The van der Waals surface area contributed by atoms with Gasteiger partial charge in [-0.1, -0.05) is 31.5 Å². The van der Waals surface area contributed by atoms with E-state index in [4.69, 9.17) is 16.3 Å². The molecular weight excluding hydrogens is 388 g/mol. The van der Waals surface area contributed by atoms with Crippen LogP contribution in [0.2, 0.25) is 5.02 Å². The van der Waals surface area contributed by atoms with Crippen molar-refractivity contribution in [3.63, 3.8) is 0 Å². The number of halogens is 1. The number of carbonyl (C=O) groups excluding carboxylic acids is 1. The Morgan fingerprint density at radius 1 is 1.15 bits per heavy atom. The first kappa shape index (κ1) is 21.2. The van der Waals surface area contributed by atoms with Crippen LogP contribution in [0, 0.1) is 6.92 Å². The lowest BCUT2D eigenvalue weighted by Gasteiger charge is -2.20. The molecule has 0 fully saturated rings. The van der Waals surface area contributed by atoms with Gasteiger partial charge in [-0.2, -0.15) is 4.31 Å². The highest BCUT2D eigenvalue weighted by Gasteiger charge is 2.24. The highest BCUT2D eigenvalue weighted by Crippen LogP contribution is 2.28. The summed E-state index contributed by atoms with van der Waals surface area (Å²) >= 11 is 6.07. The average Bonchev–Trinajstić information content (AvgIpc) is 2.62. The van der Waals surface area contributed by atoms with Crippen molar-refractivity contribution >= 4 is 33.2 Å². The molecule has 0 bridgehead atoms. The molecule has 27 heavy (non-hydrogen) atoms. The van der Waals surface area contributed by atoms with Crippen molar-refractivity contribution in [2.24, 2.45) is 0 Å². The number of aryl methyl sites for hydroxylation is 1. The van der Waals surface area contributed by atoms with Gasteiger partial charge in [-0.25, -0.2) is 8.42 Å². The van der Waals surface area contributed by atoms with Crippen molar-refractivity contribution in [1.29, 1.82) is 0 Å². The number of nitrogens with one attached hydrogen (secondary N) is 1. The molecule has 0 atom stereocenters. The molecule has 6 nitrogen and oxygen atoms in total. The second-order valence-corrected chi connectivity index (χ2v) is 8.19. The van der Waals surface area contributed by atoms with E-state index in [1.165, 1.54) is 17.5 Å². The zero-order valence-corrected chi connectivity index (χ0v) is 17.3. The summed E-state index contributed by atoms with van der Waals surface area (Å²) in [6, 6.07) is 9.50. The van der Waals surface area contributed by atoms with Crippen molar-refractivity contribution in [2.75, 3.05) is 25.5 Å². The molecule has 0 saturated carbocycles. The molecule has 0 aliphatic rings. The predicted molar refractivity (Wildman–Crippen MR) is 107 cm³/mol. The van der Waals surface area contributed by atoms with Crippen LogP contribution >= 0.6 is 11.6 Å². The molecule has 0 aromatic heterocycles. The van der Waals surface area contributed by atoms with Crippen molar-refractivity contribution in [3.8, 4) is 5.75 Å². The van der Waals surface area contributed by atoms with Gasteiger partial charge in [0.25, 0.3) is 5.91 Å². The van der Waals surface area contributed by atoms with E-state index < -0.39 is 15.9 Å². The summed E-state index contributed by atoms with van der Waals surface area (Å²) in [4.78, 5) is 12.7. The summed E-state index contributed by atoms with van der Waals surface area (Å²) in [7, 11) is -2.16. The van der Waals surface area contributed by atoms with E-state index in [1.807, 2.05) is 0 Å². The third-order valence-corrected chi connectivity index (χ3v) is 6.67. The smallest absolute Gasteiger partial charge is 0.255 e. The van der Waals surface area contributed by atoms with Crippen LogP contribution in [-0.2, 0) is 10.0 Å². The quantitative estimate of drug-likeness (QED) is 0.750. The highest BCUT2D eigenvalue weighted by atomic mass is 35.5. The lowest BCUT2D eigenvalue weighted by Crippen LogP contribution is -2.31. The standard InChI is InChI=1S/C19H23ClN2O4S/c1-5-22(6-2)27(24,25)18-11-14(8-7-13(18)3)19(23)21-15-9-10-17(26-4)16(20)12-15/h7-12H,5-6H2,1-4H3,(H,21,23). The largest absolute Gasteiger partial charge is 0.495 e. The molecule has 8 heteroatoms. The Labute approximate surface area is 165 Å². The number of nitrogens with zero attached hydrogens (tertiary/aromatic N) is 1. The molecule has 146 valence electrons. The van der Waals surface area contributed by atoms with E-state index in [0.29, 0.717) is 35.1 Å². The van der Waals surface area contributed by atoms with Crippen LogP contribution in [0.3, 0.4) is 0 Å². The van der Waals surface area contributed by atoms with Crippen LogP contribution in [0.25, 0.3) is 0 Å². The molecule has 0 spiro atoms. The molecule has 0 unspecified atom stereocenters. The molecular formula is C19H23ClN2O4S. The molecule has 0 heterocycles. The van der Waals surface area contributed by atoms with E-state index in [2.05, 4.69) is 5.32 Å². The second kappa shape index (κ2) is 8.73. The van der Waals surface area contributed by atoms with Gasteiger partial charge in [-0.3, -0.25) is 4.79 Å². The highest BCUT2D eigenvalue weighted by molar-refractivity contribution is 7.89. The predicted octanol–water partition coefficient (Wildman–Crippen LogP) is 3.94. The van der Waals surface area contributed by atoms with E-state index in [9.17, 15) is 13.2 Å². The third kappa shape index (κ3) is 4.61. The number of methoxy groups -OCH3 is 1. The van der Waals surface area contributed by atoms with E-state index in [-0.39, 0.29) is 10.5 Å². The van der Waals surface area contributed by atoms with Gasteiger partial charge in [0, 0.05) is 24.3 Å². The minimum Gasteiger partial charge on any atom is -0.495 e. The van der Waals surface area contributed by atoms with Gasteiger partial charge in [0.1, 0.15) is 5.75 Å². The fourth-order valence-electron chi connectivity index (χ4n) is 2.67. The number of rotatable bonds is 7. The number of ether oxygens (including phenoxy) is 1. The number of hydrogen-bond donors (Lipinski definition) is 1. The first-order valence-corrected chi connectivity index (χ1v) is 10.3. The van der Waals surface area contributed by atoms with Crippen molar-refractivity contribution in [2.45, 2.75) is 25.7 Å². The van der Waals surface area contributed by atoms with Crippen LogP contribution < -0.4 is 10.1 Å². The maximum absolute atomic E-state index is 12.8. The molecule has 2 rings (SSSR count). The molecule has 0 saturated heterocycles. The monoisotopic (exact) mass is 410 g/mol. The van der Waals surface area contributed by atoms with Gasteiger partial charge in [-0.15, -0.1) is 0 Å². The number of carbonyl (C=O) groups is 1. The first-order valence-electron chi connectivity index (χ1n) is 8.50. The minimum absolute atomic E-state index is 0.131. The fourth-order valence-corrected chi connectivity index (χ4v) is 4.64. The minimum atomic E-state index is -3.66. The zero-order valence-electron chi connectivity index (χ0n) is 15.7. The van der Waals surface area contributed by atoms with Gasteiger partial charge in [-0.05, 0) is 42.8 Å². The summed E-state index contributed by atoms with van der Waals surface area (Å²) in [5.74, 6) is 0.0739. The Bertz CT molecular complexity index is 941. The SMILES string of the molecule is CCN(CC)S(=O)(=O)c1cc(C(=O)Nc2ccc(OC)c(Cl)c2)ccc1C. The molecule has 0 aliphatic carbocycles. The summed E-state index contributed by atoms with van der Waals surface area (Å²) in [5, 5.41) is 3.08. The third-order valence-electron chi connectivity index (χ3n) is 4.18. The van der Waals surface area contributed by atoms with Gasteiger partial charge >= 0.3 is 0 Å². The molecule has 1 amide bonds. The van der Waals surface area contributed by atoms with Gasteiger partial charge in [0.2, 0.25) is 10.0 Å². The number of anilines is 1. The zero-order chi connectivity index (χ0) is 20.2. The Balaban J connectivity index is 2.34. The van der Waals surface area contributed by atoms with Gasteiger partial charge < -0.3 is 10.1 Å². The number of amides is 1. The second-order valence-electron chi connectivity index (χ2n) is 5.87. The number of hydrogen-bond acceptors (Lipinski definition) is 4. The average molecular weight is 411 g/mol. The fraction of sp³-hybridized carbons (Fsp3) is 0.316. The Hall–Kier alpha value is -2.09. The molecule has 0 aliphatic heterocycles. The number of benzene rings is 2. The molecule has 1 N–H and O–H groups in total. The Morgan fingerprint density at radius 3 is 2.37 bits per heavy atom. The summed E-state index contributed by atoms with van der Waals surface area (Å²) in [6.45, 7) is 5.99. The summed E-state index contributed by atoms with van der Waals surface area (Å²) in [6.07, 6.45) is 0. The van der Waals surface area contributed by atoms with Crippen LogP contribution in [0.15, 0.2) is 41.3 Å². The van der Waals surface area contributed by atoms with E-state index >= 15 is 0 Å². The maximum atomic E-state index is 12.8. The molecule has 0 radical (unpaired) electrons. The lowest BCUT2D eigenvalue weighted by molar-refractivity contribution is 0.102. The van der Waals surface area contributed by atoms with Crippen LogP contribution in [0.5, 0.6) is 5.75 Å².